The molecule has 8 heteroatoms. The summed E-state index contributed by atoms with van der Waals surface area (Å²) in [5.41, 5.74) is -5.72. The second-order valence-corrected chi connectivity index (χ2v) is 11.2. The Hall–Kier alpha value is -1.83. The van der Waals surface area contributed by atoms with Crippen LogP contribution in [0.4, 0.5) is 8.78 Å². The van der Waals surface area contributed by atoms with Crippen molar-refractivity contribution in [1.82, 2.24) is 0 Å². The second-order valence-electron chi connectivity index (χ2n) is 10.3. The first-order valence-electron chi connectivity index (χ1n) is 11.5. The Kier molecular flexibility index (Phi) is 5.78. The van der Waals surface area contributed by atoms with E-state index in [9.17, 15) is 23.6 Å². The van der Waals surface area contributed by atoms with Gasteiger partial charge in [0.25, 0.3) is 0 Å². The van der Waals surface area contributed by atoms with E-state index in [2.05, 4.69) is 0 Å². The second kappa shape index (κ2) is 7.85. The van der Waals surface area contributed by atoms with Gasteiger partial charge in [0.05, 0.1) is 0 Å². The summed E-state index contributed by atoms with van der Waals surface area (Å²) in [6.07, 6.45) is 5.20. The van der Waals surface area contributed by atoms with Crippen LogP contribution in [0.5, 0.6) is 0 Å². The van der Waals surface area contributed by atoms with Crippen LogP contribution in [0.2, 0.25) is 0 Å². The molecule has 0 amide bonds. The molecular weight excluding hydrogens is 450 g/mol. The third kappa shape index (κ3) is 2.94. The largest absolute Gasteiger partial charge is 0.449 e. The van der Waals surface area contributed by atoms with Crippen molar-refractivity contribution in [2.45, 2.75) is 71.1 Å². The first-order chi connectivity index (χ1) is 15.4. The number of rotatable bonds is 4. The number of carbonyl (C=O) groups is 4. The molecule has 180 valence electrons. The summed E-state index contributed by atoms with van der Waals surface area (Å²) in [6.45, 7) is 6.77. The van der Waals surface area contributed by atoms with Crippen molar-refractivity contribution in [3.63, 3.8) is 0 Å². The SMILES string of the molecule is CCC(=O)OC1(C(=O)SCF)C(C)CC2C3CCC4=CC(=O)C=CC4(C)C3(F)C(=O)CC21C. The molecule has 0 aromatic rings. The van der Waals surface area contributed by atoms with Gasteiger partial charge in [0.1, 0.15) is 6.01 Å². The Morgan fingerprint density at radius 3 is 2.58 bits per heavy atom. The number of thioether (sulfide) groups is 1. The minimum atomic E-state index is -2.24. The number of halogens is 2. The van der Waals surface area contributed by atoms with Gasteiger partial charge in [-0.3, -0.25) is 19.2 Å². The number of esters is 1. The molecule has 7 atom stereocenters. The number of Topliss-reactive ketones (excluding diaryl/α,β-unsaturated/α-hetero) is 1. The molecule has 0 bridgehead atoms. The van der Waals surface area contributed by atoms with Gasteiger partial charge in [-0.15, -0.1) is 0 Å². The number of hydrogen-bond acceptors (Lipinski definition) is 6. The molecule has 0 aromatic carbocycles. The first-order valence-corrected chi connectivity index (χ1v) is 12.5. The van der Waals surface area contributed by atoms with Crippen LogP contribution in [-0.4, -0.2) is 39.9 Å². The topological polar surface area (TPSA) is 77.5 Å². The Morgan fingerprint density at radius 1 is 1.24 bits per heavy atom. The quantitative estimate of drug-likeness (QED) is 0.544. The van der Waals surface area contributed by atoms with Crippen molar-refractivity contribution in [3.05, 3.63) is 23.8 Å². The van der Waals surface area contributed by atoms with Gasteiger partial charge in [0.15, 0.2) is 22.8 Å². The maximum absolute atomic E-state index is 17.1. The summed E-state index contributed by atoms with van der Waals surface area (Å²) >= 11 is 0.440. The maximum Gasteiger partial charge on any atom is 0.306 e. The highest BCUT2D eigenvalue weighted by atomic mass is 32.2. The lowest BCUT2D eigenvalue weighted by molar-refractivity contribution is -0.198. The highest BCUT2D eigenvalue weighted by molar-refractivity contribution is 8.13. The van der Waals surface area contributed by atoms with Crippen molar-refractivity contribution in [2.24, 2.45) is 28.6 Å². The molecule has 0 spiro atoms. The molecule has 0 saturated heterocycles. The van der Waals surface area contributed by atoms with E-state index >= 15 is 4.39 Å². The van der Waals surface area contributed by atoms with Gasteiger partial charge < -0.3 is 4.74 Å². The van der Waals surface area contributed by atoms with E-state index in [1.54, 1.807) is 27.7 Å². The molecule has 0 aliphatic heterocycles. The van der Waals surface area contributed by atoms with Crippen molar-refractivity contribution < 1.29 is 32.7 Å². The summed E-state index contributed by atoms with van der Waals surface area (Å²) < 4.78 is 36.2. The molecule has 3 fully saturated rings. The molecular formula is C25H30F2O5S. The Labute approximate surface area is 196 Å². The summed E-state index contributed by atoms with van der Waals surface area (Å²) in [6, 6.07) is -0.979. The Balaban J connectivity index is 1.85. The molecule has 4 aliphatic carbocycles. The van der Waals surface area contributed by atoms with Crippen LogP contribution < -0.4 is 0 Å². The first kappa shape index (κ1) is 24.3. The van der Waals surface area contributed by atoms with Crippen LogP contribution in [0.25, 0.3) is 0 Å². The molecule has 0 heterocycles. The summed E-state index contributed by atoms with van der Waals surface area (Å²) in [5.74, 6) is -3.10. The smallest absolute Gasteiger partial charge is 0.306 e. The monoisotopic (exact) mass is 480 g/mol. The highest BCUT2D eigenvalue weighted by Crippen LogP contribution is 2.70. The van der Waals surface area contributed by atoms with Crippen molar-refractivity contribution in [3.8, 4) is 0 Å². The normalized spacial score (nSPS) is 43.9. The number of ketones is 2. The average Bonchev–Trinajstić information content (AvgIpc) is 2.97. The molecule has 4 aliphatic rings. The Bertz CT molecular complexity index is 991. The van der Waals surface area contributed by atoms with Gasteiger partial charge in [-0.1, -0.05) is 32.4 Å². The van der Waals surface area contributed by atoms with E-state index in [-0.39, 0.29) is 18.6 Å². The average molecular weight is 481 g/mol. The number of carbonyl (C=O) groups excluding carboxylic acids is 4. The fourth-order valence-corrected chi connectivity index (χ4v) is 8.15. The Morgan fingerprint density at radius 2 is 1.94 bits per heavy atom. The summed E-state index contributed by atoms with van der Waals surface area (Å²) in [5, 5.41) is -0.616. The van der Waals surface area contributed by atoms with Gasteiger partial charge in [-0.25, -0.2) is 8.78 Å². The third-order valence-corrected chi connectivity index (χ3v) is 9.67. The lowest BCUT2D eigenvalue weighted by Gasteiger charge is -2.59. The minimum Gasteiger partial charge on any atom is -0.449 e. The molecule has 5 nitrogen and oxygen atoms in total. The molecule has 0 aromatic heterocycles. The highest BCUT2D eigenvalue weighted by Gasteiger charge is 2.77. The fourth-order valence-electron chi connectivity index (χ4n) is 7.36. The molecule has 7 unspecified atom stereocenters. The van der Waals surface area contributed by atoms with Crippen LogP contribution in [0.15, 0.2) is 23.8 Å². The van der Waals surface area contributed by atoms with Crippen LogP contribution in [-0.2, 0) is 23.9 Å². The van der Waals surface area contributed by atoms with E-state index in [1.165, 1.54) is 18.2 Å². The zero-order valence-corrected chi connectivity index (χ0v) is 20.2. The predicted molar refractivity (Wildman–Crippen MR) is 120 cm³/mol. The molecule has 33 heavy (non-hydrogen) atoms. The molecule has 0 radical (unpaired) electrons. The zero-order valence-electron chi connectivity index (χ0n) is 19.4. The third-order valence-electron chi connectivity index (χ3n) is 9.00. The molecule has 4 rings (SSSR count). The van der Waals surface area contributed by atoms with Gasteiger partial charge >= 0.3 is 5.97 Å². The number of allylic oxidation sites excluding steroid dienone is 4. The van der Waals surface area contributed by atoms with Crippen LogP contribution >= 0.6 is 11.8 Å². The van der Waals surface area contributed by atoms with Gasteiger partial charge in [-0.2, -0.15) is 0 Å². The summed E-state index contributed by atoms with van der Waals surface area (Å²) in [4.78, 5) is 51.5. The van der Waals surface area contributed by atoms with E-state index in [4.69, 9.17) is 4.74 Å². The van der Waals surface area contributed by atoms with E-state index in [1.807, 2.05) is 0 Å². The van der Waals surface area contributed by atoms with E-state index in [0.29, 0.717) is 36.6 Å². The number of fused-ring (bicyclic) bond motifs is 5. The number of ether oxygens (including phenoxy) is 1. The van der Waals surface area contributed by atoms with Crippen molar-refractivity contribution >= 4 is 34.4 Å². The van der Waals surface area contributed by atoms with Gasteiger partial charge in [0, 0.05) is 35.5 Å². The standard InChI is InChI=1S/C25H30F2O5S/c1-5-20(30)32-25(21(31)33-13-26)14(2)10-18-17-7-6-15-11-16(28)8-9-22(15,3)24(17,27)19(29)12-23(18,25)4/h8-9,11,14,17-18H,5-7,10,12-13H2,1-4H3. The lowest BCUT2D eigenvalue weighted by atomic mass is 9.45. The lowest BCUT2D eigenvalue weighted by Crippen LogP contribution is -2.68. The zero-order chi connectivity index (χ0) is 24.4. The number of alkyl halides is 2. The minimum absolute atomic E-state index is 0.0261. The predicted octanol–water partition coefficient (Wildman–Crippen LogP) is 4.69. The van der Waals surface area contributed by atoms with Gasteiger partial charge in [0.2, 0.25) is 5.12 Å². The summed E-state index contributed by atoms with van der Waals surface area (Å²) in [7, 11) is 0. The van der Waals surface area contributed by atoms with Crippen LogP contribution in [0, 0.1) is 28.6 Å². The van der Waals surface area contributed by atoms with E-state index < -0.39 is 62.7 Å². The fraction of sp³-hybridized carbons (Fsp3) is 0.680. The van der Waals surface area contributed by atoms with Crippen molar-refractivity contribution in [1.29, 1.82) is 0 Å². The number of hydrogen-bond donors (Lipinski definition) is 0. The molecule has 0 N–H and O–H groups in total. The molecule has 3 saturated carbocycles. The van der Waals surface area contributed by atoms with Gasteiger partial charge in [-0.05, 0) is 56.0 Å². The maximum atomic E-state index is 17.1. The van der Waals surface area contributed by atoms with Crippen molar-refractivity contribution in [2.75, 3.05) is 6.01 Å². The van der Waals surface area contributed by atoms with E-state index in [0.717, 1.165) is 0 Å². The van der Waals surface area contributed by atoms with Crippen LogP contribution in [0.1, 0.15) is 59.8 Å². The van der Waals surface area contributed by atoms with Crippen LogP contribution in [0.3, 0.4) is 0 Å².